The van der Waals surface area contributed by atoms with Crippen molar-refractivity contribution in [2.45, 2.75) is 64.3 Å². The molecule has 1 aliphatic heterocycles. The van der Waals surface area contributed by atoms with Crippen LogP contribution in [0.5, 0.6) is 5.75 Å². The molecule has 7 heteroatoms. The number of aryl methyl sites for hydroxylation is 1. The number of carbonyl (C=O) groups is 1. The molecule has 0 unspecified atom stereocenters. The van der Waals surface area contributed by atoms with E-state index >= 15 is 0 Å². The summed E-state index contributed by atoms with van der Waals surface area (Å²) in [5, 5.41) is 12.3. The second-order valence-corrected chi connectivity index (χ2v) is 8.28. The van der Waals surface area contributed by atoms with Crippen molar-refractivity contribution in [1.82, 2.24) is 20.2 Å². The smallest absolute Gasteiger partial charge is 0.227 e. The van der Waals surface area contributed by atoms with Crippen molar-refractivity contribution < 1.29 is 9.53 Å². The molecule has 4 rings (SSSR count). The lowest BCUT2D eigenvalue weighted by atomic mass is 9.89. The number of tetrazole rings is 1. The molecule has 0 bridgehead atoms. The molecule has 2 aromatic rings. The minimum Gasteiger partial charge on any atom is -0.493 e. The van der Waals surface area contributed by atoms with Gasteiger partial charge in [-0.3, -0.25) is 4.79 Å². The molecular formula is C23H31N5O2. The molecule has 160 valence electrons. The molecule has 0 spiro atoms. The second kappa shape index (κ2) is 9.87. The monoisotopic (exact) mass is 409 g/mol. The first-order valence-corrected chi connectivity index (χ1v) is 11.2. The number of carbonyl (C=O) groups excluding carboxylic acids is 1. The lowest BCUT2D eigenvalue weighted by Crippen LogP contribution is -2.35. The van der Waals surface area contributed by atoms with Gasteiger partial charge >= 0.3 is 0 Å². The van der Waals surface area contributed by atoms with Gasteiger partial charge < -0.3 is 9.64 Å². The van der Waals surface area contributed by atoms with E-state index in [9.17, 15) is 4.79 Å². The van der Waals surface area contributed by atoms with E-state index in [1.807, 2.05) is 22.9 Å². The van der Waals surface area contributed by atoms with Crippen LogP contribution < -0.4 is 9.64 Å². The Morgan fingerprint density at radius 1 is 1.20 bits per heavy atom. The number of fused-ring (bicyclic) bond motifs is 1. The number of hydrogen-bond acceptors (Lipinski definition) is 5. The highest BCUT2D eigenvalue weighted by atomic mass is 16.5. The molecule has 0 atom stereocenters. The molecular weight excluding hydrogens is 378 g/mol. The lowest BCUT2D eigenvalue weighted by Gasteiger charge is -2.29. The van der Waals surface area contributed by atoms with Crippen LogP contribution in [0.4, 0.5) is 5.69 Å². The van der Waals surface area contributed by atoms with Crippen LogP contribution in [0.2, 0.25) is 0 Å². The Hall–Kier alpha value is -2.70. The number of nitrogens with zero attached hydrogens (tertiary/aromatic N) is 5. The summed E-state index contributed by atoms with van der Waals surface area (Å²) in [6.45, 7) is 5.83. The van der Waals surface area contributed by atoms with Crippen LogP contribution in [0.15, 0.2) is 30.9 Å². The zero-order valence-corrected chi connectivity index (χ0v) is 17.6. The average molecular weight is 410 g/mol. The van der Waals surface area contributed by atoms with Gasteiger partial charge in [-0.15, -0.1) is 11.7 Å². The fourth-order valence-corrected chi connectivity index (χ4v) is 4.59. The third-order valence-corrected chi connectivity index (χ3v) is 6.16. The fourth-order valence-electron chi connectivity index (χ4n) is 4.59. The fraction of sp³-hybridized carbons (Fsp3) is 0.565. The van der Waals surface area contributed by atoms with Crippen LogP contribution in [0, 0.1) is 5.92 Å². The van der Waals surface area contributed by atoms with Crippen molar-refractivity contribution in [2.24, 2.45) is 5.92 Å². The SMILES string of the molecule is C=CCN1C(=O)CCc2c(OCCCc3nnnn3CC3CCCCC3)cccc21. The largest absolute Gasteiger partial charge is 0.493 e. The molecule has 2 aliphatic rings. The molecule has 0 saturated heterocycles. The topological polar surface area (TPSA) is 73.1 Å². The first-order valence-electron chi connectivity index (χ1n) is 11.2. The zero-order valence-electron chi connectivity index (χ0n) is 17.6. The summed E-state index contributed by atoms with van der Waals surface area (Å²) in [5.74, 6) is 2.66. The molecule has 1 fully saturated rings. The minimum atomic E-state index is 0.143. The van der Waals surface area contributed by atoms with Crippen molar-refractivity contribution in [3.8, 4) is 5.75 Å². The van der Waals surface area contributed by atoms with Gasteiger partial charge in [0.2, 0.25) is 5.91 Å². The number of hydrogen-bond donors (Lipinski definition) is 0. The Kier molecular flexibility index (Phi) is 6.77. The highest BCUT2D eigenvalue weighted by Gasteiger charge is 2.25. The van der Waals surface area contributed by atoms with Crippen LogP contribution >= 0.6 is 0 Å². The van der Waals surface area contributed by atoms with E-state index in [4.69, 9.17) is 4.74 Å². The first-order chi connectivity index (χ1) is 14.8. The molecule has 0 N–H and O–H groups in total. The standard InChI is InChI=1S/C23H31N5O2/c1-2-15-27-20-10-6-11-21(19(20)13-14-23(27)29)30-16-7-12-22-24-25-26-28(22)17-18-8-4-3-5-9-18/h2,6,10-11,18H,1,3-5,7-9,12-17H2. The molecule has 2 heterocycles. The Balaban J connectivity index is 1.32. The quantitative estimate of drug-likeness (QED) is 0.466. The maximum atomic E-state index is 12.2. The number of benzene rings is 1. The van der Waals surface area contributed by atoms with Gasteiger partial charge in [0, 0.05) is 31.5 Å². The van der Waals surface area contributed by atoms with Crippen LogP contribution in [0.1, 0.15) is 56.3 Å². The number of ether oxygens (including phenoxy) is 1. The number of aromatic nitrogens is 4. The van der Waals surface area contributed by atoms with Gasteiger partial charge in [-0.1, -0.05) is 31.4 Å². The van der Waals surface area contributed by atoms with E-state index in [0.29, 0.717) is 25.5 Å². The third-order valence-electron chi connectivity index (χ3n) is 6.16. The van der Waals surface area contributed by atoms with Crippen LogP contribution in [-0.2, 0) is 24.2 Å². The summed E-state index contributed by atoms with van der Waals surface area (Å²) in [6, 6.07) is 5.93. The van der Waals surface area contributed by atoms with Crippen molar-refractivity contribution in [1.29, 1.82) is 0 Å². The van der Waals surface area contributed by atoms with Gasteiger partial charge in [0.1, 0.15) is 5.75 Å². The van der Waals surface area contributed by atoms with Gasteiger partial charge in [0.15, 0.2) is 5.82 Å². The van der Waals surface area contributed by atoms with Crippen LogP contribution in [0.3, 0.4) is 0 Å². The van der Waals surface area contributed by atoms with Crippen LogP contribution in [0.25, 0.3) is 0 Å². The molecule has 7 nitrogen and oxygen atoms in total. The van der Waals surface area contributed by atoms with E-state index in [0.717, 1.165) is 48.6 Å². The summed E-state index contributed by atoms with van der Waals surface area (Å²) in [7, 11) is 0. The molecule has 1 aliphatic carbocycles. The lowest BCUT2D eigenvalue weighted by molar-refractivity contribution is -0.118. The summed E-state index contributed by atoms with van der Waals surface area (Å²) in [4.78, 5) is 14.0. The van der Waals surface area contributed by atoms with Crippen LogP contribution in [-0.4, -0.2) is 39.3 Å². The van der Waals surface area contributed by atoms with E-state index in [1.165, 1.54) is 32.1 Å². The maximum Gasteiger partial charge on any atom is 0.227 e. The maximum absolute atomic E-state index is 12.2. The van der Waals surface area contributed by atoms with E-state index in [-0.39, 0.29) is 5.91 Å². The van der Waals surface area contributed by atoms with Crippen molar-refractivity contribution in [2.75, 3.05) is 18.1 Å². The highest BCUT2D eigenvalue weighted by molar-refractivity contribution is 5.97. The molecule has 1 saturated carbocycles. The first kappa shape index (κ1) is 20.6. The van der Waals surface area contributed by atoms with Crippen molar-refractivity contribution >= 4 is 11.6 Å². The Morgan fingerprint density at radius 3 is 2.90 bits per heavy atom. The Labute approximate surface area is 178 Å². The van der Waals surface area contributed by atoms with E-state index < -0.39 is 0 Å². The molecule has 30 heavy (non-hydrogen) atoms. The molecule has 0 radical (unpaired) electrons. The van der Waals surface area contributed by atoms with Gasteiger partial charge in [-0.2, -0.15) is 0 Å². The number of amides is 1. The van der Waals surface area contributed by atoms with Gasteiger partial charge in [-0.05, 0) is 54.2 Å². The Morgan fingerprint density at radius 2 is 2.07 bits per heavy atom. The van der Waals surface area contributed by atoms with Crippen molar-refractivity contribution in [3.63, 3.8) is 0 Å². The van der Waals surface area contributed by atoms with Gasteiger partial charge in [0.25, 0.3) is 0 Å². The van der Waals surface area contributed by atoms with Crippen molar-refractivity contribution in [3.05, 3.63) is 42.2 Å². The van der Waals surface area contributed by atoms with Gasteiger partial charge in [0.05, 0.1) is 12.3 Å². The molecule has 1 aromatic heterocycles. The molecule has 1 amide bonds. The number of rotatable bonds is 9. The summed E-state index contributed by atoms with van der Waals surface area (Å²) in [6.07, 6.45) is 11.2. The van der Waals surface area contributed by atoms with Gasteiger partial charge in [-0.25, -0.2) is 4.68 Å². The Bertz CT molecular complexity index is 872. The second-order valence-electron chi connectivity index (χ2n) is 8.28. The minimum absolute atomic E-state index is 0.143. The average Bonchev–Trinajstić information content (AvgIpc) is 3.21. The predicted molar refractivity (Wildman–Crippen MR) is 116 cm³/mol. The van der Waals surface area contributed by atoms with E-state index in [1.54, 1.807) is 11.0 Å². The summed E-state index contributed by atoms with van der Waals surface area (Å²) < 4.78 is 8.10. The zero-order chi connectivity index (χ0) is 20.8. The number of anilines is 1. The molecule has 1 aromatic carbocycles. The third kappa shape index (κ3) is 4.71. The summed E-state index contributed by atoms with van der Waals surface area (Å²) in [5.41, 5.74) is 2.06. The summed E-state index contributed by atoms with van der Waals surface area (Å²) >= 11 is 0. The van der Waals surface area contributed by atoms with E-state index in [2.05, 4.69) is 22.1 Å². The highest BCUT2D eigenvalue weighted by Crippen LogP contribution is 2.34. The normalized spacial score (nSPS) is 17.1. The predicted octanol–water partition coefficient (Wildman–Crippen LogP) is 3.73.